The van der Waals surface area contributed by atoms with E-state index in [4.69, 9.17) is 0 Å². The van der Waals surface area contributed by atoms with Gasteiger partial charge in [0.05, 0.1) is 5.56 Å². The Morgan fingerprint density at radius 1 is 1.37 bits per heavy atom. The largest absolute Gasteiger partial charge is 0.336 e. The Morgan fingerprint density at radius 2 is 2.00 bits per heavy atom. The van der Waals surface area contributed by atoms with E-state index in [0.717, 1.165) is 10.8 Å². The van der Waals surface area contributed by atoms with E-state index in [9.17, 15) is 19.2 Å². The van der Waals surface area contributed by atoms with Gasteiger partial charge in [-0.25, -0.2) is 9.59 Å². The average molecular weight is 268 g/mol. The molecule has 0 aliphatic heterocycles. The van der Waals surface area contributed by atoms with Crippen molar-refractivity contribution in [2.75, 3.05) is 20.6 Å². The van der Waals surface area contributed by atoms with Gasteiger partial charge < -0.3 is 15.2 Å². The summed E-state index contributed by atoms with van der Waals surface area (Å²) in [5.41, 5.74) is -1.36. The number of aromatic amines is 1. The topological polar surface area (TPSA) is 104 Å². The summed E-state index contributed by atoms with van der Waals surface area (Å²) in [4.78, 5) is 49.4. The van der Waals surface area contributed by atoms with Crippen LogP contribution in [0, 0.1) is 0 Å². The molecule has 0 atom stereocenters. The molecule has 2 amide bonds. The Hall–Kier alpha value is -2.38. The molecule has 19 heavy (non-hydrogen) atoms. The van der Waals surface area contributed by atoms with Crippen molar-refractivity contribution in [1.29, 1.82) is 0 Å². The summed E-state index contributed by atoms with van der Waals surface area (Å²) in [6, 6.07) is -0.327. The number of urea groups is 1. The van der Waals surface area contributed by atoms with Gasteiger partial charge in [-0.2, -0.15) is 0 Å². The molecule has 0 aliphatic carbocycles. The van der Waals surface area contributed by atoms with Crippen LogP contribution in [-0.4, -0.2) is 46.9 Å². The Balaban J connectivity index is 2.87. The number of nitrogens with zero attached hydrogens (tertiary/aromatic N) is 2. The number of carbonyl (C=O) groups excluding carboxylic acids is 2. The van der Waals surface area contributed by atoms with Crippen LogP contribution in [0.1, 0.15) is 17.3 Å². The average Bonchev–Trinajstić information content (AvgIpc) is 2.32. The second-order valence-electron chi connectivity index (χ2n) is 4.15. The zero-order valence-electron chi connectivity index (χ0n) is 11.0. The van der Waals surface area contributed by atoms with Gasteiger partial charge in [0.25, 0.3) is 5.56 Å². The van der Waals surface area contributed by atoms with Gasteiger partial charge in [-0.15, -0.1) is 0 Å². The minimum atomic E-state index is -0.657. The molecule has 0 saturated carbocycles. The lowest BCUT2D eigenvalue weighted by Gasteiger charge is -2.12. The van der Waals surface area contributed by atoms with Crippen molar-refractivity contribution in [3.63, 3.8) is 0 Å². The third kappa shape index (κ3) is 3.54. The van der Waals surface area contributed by atoms with Crippen LogP contribution in [0.3, 0.4) is 0 Å². The Kier molecular flexibility index (Phi) is 4.62. The van der Waals surface area contributed by atoms with E-state index in [1.165, 1.54) is 11.8 Å². The van der Waals surface area contributed by atoms with Crippen LogP contribution in [0.25, 0.3) is 0 Å². The summed E-state index contributed by atoms with van der Waals surface area (Å²) in [6.07, 6.45) is 1.10. The lowest BCUT2D eigenvalue weighted by molar-refractivity contribution is 0.101. The first kappa shape index (κ1) is 14.7. The number of carbonyl (C=O) groups is 2. The van der Waals surface area contributed by atoms with Crippen LogP contribution in [-0.2, 0) is 6.54 Å². The predicted octanol–water partition coefficient (Wildman–Crippen LogP) is -0.990. The van der Waals surface area contributed by atoms with Crippen LogP contribution in [0.5, 0.6) is 0 Å². The molecule has 0 spiro atoms. The fourth-order valence-electron chi connectivity index (χ4n) is 1.40. The molecule has 0 saturated heterocycles. The minimum absolute atomic E-state index is 0.00509. The SMILES string of the molecule is CC(=O)c1c[nH]c(=O)n(CCNC(=O)N(C)C)c1=O. The highest BCUT2D eigenvalue weighted by atomic mass is 16.2. The molecule has 0 fully saturated rings. The highest BCUT2D eigenvalue weighted by molar-refractivity contribution is 5.93. The van der Waals surface area contributed by atoms with Gasteiger partial charge in [-0.1, -0.05) is 0 Å². The molecule has 0 radical (unpaired) electrons. The summed E-state index contributed by atoms with van der Waals surface area (Å²) in [7, 11) is 3.15. The van der Waals surface area contributed by atoms with Crippen molar-refractivity contribution < 1.29 is 9.59 Å². The molecule has 8 heteroatoms. The zero-order valence-corrected chi connectivity index (χ0v) is 11.0. The van der Waals surface area contributed by atoms with Crippen molar-refractivity contribution in [3.05, 3.63) is 32.6 Å². The minimum Gasteiger partial charge on any atom is -0.336 e. The monoisotopic (exact) mass is 268 g/mol. The van der Waals surface area contributed by atoms with Gasteiger partial charge in [-0.05, 0) is 6.92 Å². The highest BCUT2D eigenvalue weighted by Crippen LogP contribution is 1.87. The van der Waals surface area contributed by atoms with E-state index in [0.29, 0.717) is 0 Å². The molecule has 0 aliphatic rings. The second kappa shape index (κ2) is 5.98. The molecule has 1 heterocycles. The van der Waals surface area contributed by atoms with E-state index in [1.807, 2.05) is 0 Å². The van der Waals surface area contributed by atoms with E-state index in [-0.39, 0.29) is 24.7 Å². The van der Waals surface area contributed by atoms with Crippen molar-refractivity contribution in [1.82, 2.24) is 19.8 Å². The van der Waals surface area contributed by atoms with Gasteiger partial charge in [0.1, 0.15) is 0 Å². The lowest BCUT2D eigenvalue weighted by atomic mass is 10.2. The van der Waals surface area contributed by atoms with Crippen molar-refractivity contribution in [3.8, 4) is 0 Å². The first-order valence-electron chi connectivity index (χ1n) is 5.63. The number of hydrogen-bond donors (Lipinski definition) is 2. The molecule has 104 valence electrons. The van der Waals surface area contributed by atoms with Gasteiger partial charge in [0, 0.05) is 33.4 Å². The molecule has 1 aromatic rings. The van der Waals surface area contributed by atoms with Gasteiger partial charge >= 0.3 is 11.7 Å². The standard InChI is InChI=1S/C11H16N4O4/c1-7(16)8-6-13-11(19)15(9(8)17)5-4-12-10(18)14(2)3/h6H,4-5H2,1-3H3,(H,12,18)(H,13,19). The van der Waals surface area contributed by atoms with E-state index in [2.05, 4.69) is 10.3 Å². The summed E-state index contributed by atoms with van der Waals surface area (Å²) < 4.78 is 0.882. The molecular formula is C11H16N4O4. The molecule has 2 N–H and O–H groups in total. The van der Waals surface area contributed by atoms with Gasteiger partial charge in [0.15, 0.2) is 5.78 Å². The number of Topliss-reactive ketones (excluding diaryl/α,β-unsaturated/α-hetero) is 1. The third-order valence-corrected chi connectivity index (χ3v) is 2.46. The molecule has 0 bridgehead atoms. The van der Waals surface area contributed by atoms with Gasteiger partial charge in [0.2, 0.25) is 0 Å². The smallest absolute Gasteiger partial charge is 0.328 e. The maximum Gasteiger partial charge on any atom is 0.328 e. The van der Waals surface area contributed by atoms with Crippen molar-refractivity contribution in [2.24, 2.45) is 0 Å². The number of amides is 2. The Bertz CT molecular complexity index is 599. The highest BCUT2D eigenvalue weighted by Gasteiger charge is 2.11. The summed E-state index contributed by atoms with van der Waals surface area (Å²) in [5.74, 6) is -0.424. The Morgan fingerprint density at radius 3 is 2.53 bits per heavy atom. The molecule has 1 rings (SSSR count). The summed E-state index contributed by atoms with van der Waals surface area (Å²) in [6.45, 7) is 1.35. The first-order valence-corrected chi connectivity index (χ1v) is 5.63. The van der Waals surface area contributed by atoms with Crippen LogP contribution < -0.4 is 16.6 Å². The second-order valence-corrected chi connectivity index (χ2v) is 4.15. The lowest BCUT2D eigenvalue weighted by Crippen LogP contribution is -2.42. The van der Waals surface area contributed by atoms with Crippen LogP contribution in [0.2, 0.25) is 0 Å². The molecule has 1 aromatic heterocycles. The van der Waals surface area contributed by atoms with Crippen LogP contribution in [0.4, 0.5) is 4.79 Å². The fourth-order valence-corrected chi connectivity index (χ4v) is 1.40. The quantitative estimate of drug-likeness (QED) is 0.684. The van der Waals surface area contributed by atoms with Crippen molar-refractivity contribution in [2.45, 2.75) is 13.5 Å². The molecule has 0 unspecified atom stereocenters. The van der Waals surface area contributed by atoms with E-state index < -0.39 is 17.0 Å². The number of aromatic nitrogens is 2. The zero-order chi connectivity index (χ0) is 14.6. The summed E-state index contributed by atoms with van der Waals surface area (Å²) in [5, 5.41) is 2.52. The normalized spacial score (nSPS) is 10.1. The van der Waals surface area contributed by atoms with E-state index in [1.54, 1.807) is 14.1 Å². The van der Waals surface area contributed by atoms with E-state index >= 15 is 0 Å². The maximum absolute atomic E-state index is 11.8. The first-order chi connectivity index (χ1) is 8.84. The van der Waals surface area contributed by atoms with Crippen LogP contribution in [0.15, 0.2) is 15.8 Å². The van der Waals surface area contributed by atoms with Crippen molar-refractivity contribution >= 4 is 11.8 Å². The number of nitrogens with one attached hydrogen (secondary N) is 2. The van der Waals surface area contributed by atoms with Gasteiger partial charge in [-0.3, -0.25) is 14.2 Å². The number of ketones is 1. The third-order valence-electron chi connectivity index (χ3n) is 2.46. The fraction of sp³-hybridized carbons (Fsp3) is 0.455. The number of rotatable bonds is 4. The number of H-pyrrole nitrogens is 1. The maximum atomic E-state index is 11.8. The predicted molar refractivity (Wildman–Crippen MR) is 68.4 cm³/mol. The molecule has 0 aromatic carbocycles. The molecular weight excluding hydrogens is 252 g/mol. The molecule has 8 nitrogen and oxygen atoms in total. The Labute approximate surface area is 109 Å². The summed E-state index contributed by atoms with van der Waals surface area (Å²) >= 11 is 0. The van der Waals surface area contributed by atoms with Crippen LogP contribution >= 0.6 is 0 Å². The number of hydrogen-bond acceptors (Lipinski definition) is 4.